The Morgan fingerprint density at radius 3 is 2.58 bits per heavy atom. The topological polar surface area (TPSA) is 77.8 Å². The fraction of sp³-hybridized carbons (Fsp3) is 0.0500. The number of nitriles is 1. The zero-order valence-electron chi connectivity index (χ0n) is 14.0. The van der Waals surface area contributed by atoms with Gasteiger partial charge in [0.25, 0.3) is 5.91 Å². The first-order valence-electron chi connectivity index (χ1n) is 7.86. The van der Waals surface area contributed by atoms with Gasteiger partial charge in [-0.25, -0.2) is 4.98 Å². The van der Waals surface area contributed by atoms with E-state index >= 15 is 0 Å². The summed E-state index contributed by atoms with van der Waals surface area (Å²) in [5.74, 6) is 0.302. The maximum atomic E-state index is 12.4. The SMILES string of the molecule is Cc1cc(Cl)ccc1Nc1cc(C(=O)Nc2ccc(C#N)cc2)ccn1. The lowest BCUT2D eigenvalue weighted by Gasteiger charge is -2.10. The highest BCUT2D eigenvalue weighted by Crippen LogP contribution is 2.23. The van der Waals surface area contributed by atoms with Crippen molar-refractivity contribution in [2.75, 3.05) is 10.6 Å². The van der Waals surface area contributed by atoms with E-state index in [-0.39, 0.29) is 5.91 Å². The molecule has 0 aliphatic heterocycles. The summed E-state index contributed by atoms with van der Waals surface area (Å²) in [6, 6.07) is 17.5. The van der Waals surface area contributed by atoms with E-state index in [4.69, 9.17) is 16.9 Å². The van der Waals surface area contributed by atoms with Crippen LogP contribution in [0, 0.1) is 18.3 Å². The van der Waals surface area contributed by atoms with Gasteiger partial charge in [-0.1, -0.05) is 11.6 Å². The first-order chi connectivity index (χ1) is 12.5. The molecule has 0 saturated carbocycles. The smallest absolute Gasteiger partial charge is 0.255 e. The van der Waals surface area contributed by atoms with E-state index in [0.29, 0.717) is 27.7 Å². The molecule has 0 spiro atoms. The third-order valence-corrected chi connectivity index (χ3v) is 3.98. The predicted molar refractivity (Wildman–Crippen MR) is 103 cm³/mol. The van der Waals surface area contributed by atoms with Crippen LogP contribution in [0.1, 0.15) is 21.5 Å². The number of rotatable bonds is 4. The first-order valence-corrected chi connectivity index (χ1v) is 8.24. The molecule has 128 valence electrons. The summed E-state index contributed by atoms with van der Waals surface area (Å²) >= 11 is 5.97. The molecule has 0 unspecified atom stereocenters. The Morgan fingerprint density at radius 1 is 1.12 bits per heavy atom. The van der Waals surface area contributed by atoms with Crippen molar-refractivity contribution in [1.82, 2.24) is 4.98 Å². The molecular weight excluding hydrogens is 348 g/mol. The molecule has 0 atom stereocenters. The summed E-state index contributed by atoms with van der Waals surface area (Å²) in [6.45, 7) is 1.94. The number of aryl methyl sites for hydroxylation is 1. The number of hydrogen-bond acceptors (Lipinski definition) is 4. The lowest BCUT2D eigenvalue weighted by atomic mass is 10.2. The zero-order valence-corrected chi connectivity index (χ0v) is 14.7. The second-order valence-corrected chi connectivity index (χ2v) is 6.09. The number of carbonyl (C=O) groups is 1. The number of nitrogens with zero attached hydrogens (tertiary/aromatic N) is 2. The zero-order chi connectivity index (χ0) is 18.5. The average Bonchev–Trinajstić information content (AvgIpc) is 2.65. The van der Waals surface area contributed by atoms with Crippen molar-refractivity contribution in [2.45, 2.75) is 6.92 Å². The average molecular weight is 363 g/mol. The maximum Gasteiger partial charge on any atom is 0.255 e. The fourth-order valence-corrected chi connectivity index (χ4v) is 2.60. The van der Waals surface area contributed by atoms with Crippen molar-refractivity contribution in [3.63, 3.8) is 0 Å². The Bertz CT molecular complexity index is 993. The monoisotopic (exact) mass is 362 g/mol. The van der Waals surface area contributed by atoms with Crippen molar-refractivity contribution in [3.8, 4) is 6.07 Å². The van der Waals surface area contributed by atoms with E-state index in [2.05, 4.69) is 15.6 Å². The summed E-state index contributed by atoms with van der Waals surface area (Å²) in [5, 5.41) is 15.5. The van der Waals surface area contributed by atoms with E-state index in [9.17, 15) is 4.79 Å². The molecule has 5 nitrogen and oxygen atoms in total. The van der Waals surface area contributed by atoms with Crippen LogP contribution in [0.25, 0.3) is 0 Å². The van der Waals surface area contributed by atoms with Gasteiger partial charge in [0.05, 0.1) is 11.6 Å². The molecule has 0 aliphatic carbocycles. The van der Waals surface area contributed by atoms with Gasteiger partial charge in [0.15, 0.2) is 0 Å². The minimum Gasteiger partial charge on any atom is -0.340 e. The number of hydrogen-bond donors (Lipinski definition) is 2. The quantitative estimate of drug-likeness (QED) is 0.691. The van der Waals surface area contributed by atoms with Crippen LogP contribution in [-0.2, 0) is 0 Å². The highest BCUT2D eigenvalue weighted by atomic mass is 35.5. The molecule has 6 heteroatoms. The van der Waals surface area contributed by atoms with Gasteiger partial charge in [-0.3, -0.25) is 4.79 Å². The molecule has 2 N–H and O–H groups in total. The van der Waals surface area contributed by atoms with Crippen molar-refractivity contribution in [2.24, 2.45) is 0 Å². The molecule has 2 aromatic carbocycles. The molecule has 1 amide bonds. The van der Waals surface area contributed by atoms with E-state index in [1.165, 1.54) is 0 Å². The molecule has 1 heterocycles. The van der Waals surface area contributed by atoms with Gasteiger partial charge in [-0.2, -0.15) is 5.26 Å². The molecule has 3 aromatic rings. The Morgan fingerprint density at radius 2 is 1.88 bits per heavy atom. The van der Waals surface area contributed by atoms with Gasteiger partial charge < -0.3 is 10.6 Å². The van der Waals surface area contributed by atoms with Crippen LogP contribution in [0.3, 0.4) is 0 Å². The predicted octanol–water partition coefficient (Wildman–Crippen LogP) is 4.91. The number of aromatic nitrogens is 1. The van der Waals surface area contributed by atoms with Crippen LogP contribution in [0.15, 0.2) is 60.8 Å². The summed E-state index contributed by atoms with van der Waals surface area (Å²) in [4.78, 5) is 16.7. The third-order valence-electron chi connectivity index (χ3n) is 3.75. The molecule has 1 aromatic heterocycles. The Kier molecular flexibility index (Phi) is 5.16. The van der Waals surface area contributed by atoms with Crippen molar-refractivity contribution in [3.05, 3.63) is 82.5 Å². The van der Waals surface area contributed by atoms with Gasteiger partial charge in [0.1, 0.15) is 5.82 Å². The normalized spacial score (nSPS) is 10.0. The van der Waals surface area contributed by atoms with Gasteiger partial charge in [-0.15, -0.1) is 0 Å². The largest absolute Gasteiger partial charge is 0.340 e. The molecule has 0 bridgehead atoms. The molecule has 26 heavy (non-hydrogen) atoms. The fourth-order valence-electron chi connectivity index (χ4n) is 2.38. The summed E-state index contributed by atoms with van der Waals surface area (Å²) in [5.41, 5.74) is 3.47. The number of benzene rings is 2. The first kappa shape index (κ1) is 17.5. The van der Waals surface area contributed by atoms with Gasteiger partial charge in [0, 0.05) is 28.2 Å². The third kappa shape index (κ3) is 4.18. The number of pyridine rings is 1. The Labute approximate surface area is 156 Å². The summed E-state index contributed by atoms with van der Waals surface area (Å²) in [7, 11) is 0. The van der Waals surface area contributed by atoms with E-state index in [1.807, 2.05) is 25.1 Å². The second-order valence-electron chi connectivity index (χ2n) is 5.66. The highest BCUT2D eigenvalue weighted by molar-refractivity contribution is 6.30. The number of halogens is 1. The molecule has 3 rings (SSSR count). The molecule has 0 aliphatic rings. The lowest BCUT2D eigenvalue weighted by Crippen LogP contribution is -2.12. The van der Waals surface area contributed by atoms with Gasteiger partial charge in [0.2, 0.25) is 0 Å². The van der Waals surface area contributed by atoms with Gasteiger partial charge >= 0.3 is 0 Å². The molecular formula is C20H15ClN4O. The van der Waals surface area contributed by atoms with E-state index < -0.39 is 0 Å². The van der Waals surface area contributed by atoms with Crippen molar-refractivity contribution in [1.29, 1.82) is 5.26 Å². The molecule has 0 radical (unpaired) electrons. The number of amides is 1. The second kappa shape index (κ2) is 7.68. The summed E-state index contributed by atoms with van der Waals surface area (Å²) < 4.78 is 0. The van der Waals surface area contributed by atoms with E-state index in [1.54, 1.807) is 48.7 Å². The minimum absolute atomic E-state index is 0.256. The van der Waals surface area contributed by atoms with Crippen molar-refractivity contribution >= 4 is 34.7 Å². The number of anilines is 3. The highest BCUT2D eigenvalue weighted by Gasteiger charge is 2.09. The lowest BCUT2D eigenvalue weighted by molar-refractivity contribution is 0.102. The number of carbonyl (C=O) groups excluding carboxylic acids is 1. The van der Waals surface area contributed by atoms with Crippen molar-refractivity contribution < 1.29 is 4.79 Å². The van der Waals surface area contributed by atoms with Crippen LogP contribution in [0.5, 0.6) is 0 Å². The van der Waals surface area contributed by atoms with Gasteiger partial charge in [-0.05, 0) is 67.1 Å². The van der Waals surface area contributed by atoms with Crippen LogP contribution in [-0.4, -0.2) is 10.9 Å². The van der Waals surface area contributed by atoms with E-state index in [0.717, 1.165) is 11.3 Å². The van der Waals surface area contributed by atoms with Crippen LogP contribution in [0.4, 0.5) is 17.2 Å². The summed E-state index contributed by atoms with van der Waals surface area (Å²) in [6.07, 6.45) is 1.57. The van der Waals surface area contributed by atoms with Crippen LogP contribution in [0.2, 0.25) is 5.02 Å². The number of nitrogens with one attached hydrogen (secondary N) is 2. The Hall–Kier alpha value is -3.36. The maximum absolute atomic E-state index is 12.4. The molecule has 0 fully saturated rings. The molecule has 0 saturated heterocycles. The Balaban J connectivity index is 1.75. The van der Waals surface area contributed by atoms with Crippen LogP contribution < -0.4 is 10.6 Å². The standard InChI is InChI=1S/C20H15ClN4O/c1-13-10-16(21)4-7-18(13)25-19-11-15(8-9-23-19)20(26)24-17-5-2-14(12-22)3-6-17/h2-11H,1H3,(H,23,25)(H,24,26). The minimum atomic E-state index is -0.256. The van der Waals surface area contributed by atoms with Crippen LogP contribution >= 0.6 is 11.6 Å².